The van der Waals surface area contributed by atoms with Crippen molar-refractivity contribution in [1.29, 1.82) is 0 Å². The molecule has 5 heteroatoms. The smallest absolute Gasteiger partial charge is 0.254 e. The molecule has 0 aromatic carbocycles. The van der Waals surface area contributed by atoms with Crippen molar-refractivity contribution in [3.63, 3.8) is 0 Å². The molecular weight excluding hydrogens is 230 g/mol. The highest BCUT2D eigenvalue weighted by Gasteiger charge is 2.75. The molecule has 1 N–H and O–H groups in total. The average Bonchev–Trinajstić information content (AvgIpc) is 3.19. The van der Waals surface area contributed by atoms with Gasteiger partial charge in [0.05, 0.1) is 17.4 Å². The minimum atomic E-state index is -0.0526. The van der Waals surface area contributed by atoms with Crippen LogP contribution in [-0.4, -0.2) is 33.9 Å². The van der Waals surface area contributed by atoms with E-state index in [1.54, 1.807) is 0 Å². The molecule has 0 saturated heterocycles. The molecule has 0 radical (unpaired) electrons. The third kappa shape index (κ3) is 1.30. The molecule has 0 atom stereocenters. The number of carbonyl (C=O) groups excluding carboxylic acids is 1. The van der Waals surface area contributed by atoms with Crippen LogP contribution in [0.1, 0.15) is 24.1 Å². The van der Waals surface area contributed by atoms with E-state index >= 15 is 0 Å². The van der Waals surface area contributed by atoms with Gasteiger partial charge in [-0.2, -0.15) is 0 Å². The van der Waals surface area contributed by atoms with Gasteiger partial charge in [-0.1, -0.05) is 0 Å². The van der Waals surface area contributed by atoms with E-state index in [1.807, 2.05) is 4.90 Å². The zero-order valence-corrected chi connectivity index (χ0v) is 10.1. The predicted molar refractivity (Wildman–Crippen MR) is 64.0 cm³/mol. The van der Waals surface area contributed by atoms with E-state index in [2.05, 4.69) is 9.97 Å². The number of aromatic nitrogens is 2. The number of nitrogens with one attached hydrogen (secondary N) is 1. The van der Waals surface area contributed by atoms with Gasteiger partial charge in [0, 0.05) is 25.1 Å². The quantitative estimate of drug-likeness (QED) is 0.763. The SMILES string of the molecule is O=C(N1CCc2nc[nH]c(=O)c2CC1)C12CC1C2. The van der Waals surface area contributed by atoms with Crippen LogP contribution in [0.2, 0.25) is 0 Å². The van der Waals surface area contributed by atoms with E-state index in [1.165, 1.54) is 6.33 Å². The number of carbonyl (C=O) groups is 1. The highest BCUT2D eigenvalue weighted by Crippen LogP contribution is 2.75. The molecule has 18 heavy (non-hydrogen) atoms. The Labute approximate surface area is 104 Å². The van der Waals surface area contributed by atoms with Gasteiger partial charge < -0.3 is 9.88 Å². The third-order valence-electron chi connectivity index (χ3n) is 4.68. The lowest BCUT2D eigenvalue weighted by Gasteiger charge is -2.21. The van der Waals surface area contributed by atoms with Crippen LogP contribution in [0.5, 0.6) is 0 Å². The van der Waals surface area contributed by atoms with Crippen LogP contribution >= 0.6 is 0 Å². The molecule has 1 aromatic heterocycles. The van der Waals surface area contributed by atoms with Crippen molar-refractivity contribution >= 4 is 5.91 Å². The molecule has 1 aliphatic heterocycles. The zero-order chi connectivity index (χ0) is 12.3. The van der Waals surface area contributed by atoms with Crippen LogP contribution in [0.3, 0.4) is 0 Å². The number of aromatic amines is 1. The highest BCUT2D eigenvalue weighted by atomic mass is 16.2. The summed E-state index contributed by atoms with van der Waals surface area (Å²) in [5.74, 6) is 0.994. The fourth-order valence-corrected chi connectivity index (χ4v) is 3.11. The lowest BCUT2D eigenvalue weighted by molar-refractivity contribution is -0.134. The van der Waals surface area contributed by atoms with E-state index in [4.69, 9.17) is 0 Å². The molecule has 3 aliphatic rings. The van der Waals surface area contributed by atoms with Crippen molar-refractivity contribution in [2.45, 2.75) is 25.7 Å². The van der Waals surface area contributed by atoms with Crippen LogP contribution in [-0.2, 0) is 17.6 Å². The summed E-state index contributed by atoms with van der Waals surface area (Å²) >= 11 is 0. The van der Waals surface area contributed by atoms with Gasteiger partial charge in [-0.3, -0.25) is 9.59 Å². The van der Waals surface area contributed by atoms with Crippen LogP contribution < -0.4 is 5.56 Å². The summed E-state index contributed by atoms with van der Waals surface area (Å²) in [6, 6.07) is 0. The molecule has 94 valence electrons. The van der Waals surface area contributed by atoms with Crippen molar-refractivity contribution < 1.29 is 4.79 Å². The van der Waals surface area contributed by atoms with E-state index in [9.17, 15) is 9.59 Å². The maximum Gasteiger partial charge on any atom is 0.254 e. The molecule has 5 nitrogen and oxygen atoms in total. The molecule has 0 spiro atoms. The average molecular weight is 245 g/mol. The predicted octanol–water partition coefficient (Wildman–Crippen LogP) is 0.107. The van der Waals surface area contributed by atoms with Crippen LogP contribution in [0.25, 0.3) is 0 Å². The number of H-pyrrole nitrogens is 1. The van der Waals surface area contributed by atoms with Gasteiger partial charge in [-0.25, -0.2) is 4.98 Å². The first-order chi connectivity index (χ1) is 8.71. The molecule has 2 fully saturated rings. The Bertz CT molecular complexity index is 586. The van der Waals surface area contributed by atoms with Gasteiger partial charge in [0.1, 0.15) is 0 Å². The van der Waals surface area contributed by atoms with Crippen molar-refractivity contribution in [2.24, 2.45) is 11.3 Å². The fraction of sp³-hybridized carbons (Fsp3) is 0.615. The van der Waals surface area contributed by atoms with Gasteiger partial charge in [-0.05, 0) is 25.2 Å². The van der Waals surface area contributed by atoms with Crippen molar-refractivity contribution in [2.75, 3.05) is 13.1 Å². The van der Waals surface area contributed by atoms with Gasteiger partial charge >= 0.3 is 0 Å². The number of amides is 1. The summed E-state index contributed by atoms with van der Waals surface area (Å²) in [6.07, 6.45) is 4.97. The van der Waals surface area contributed by atoms with Gasteiger partial charge in [-0.15, -0.1) is 0 Å². The van der Waals surface area contributed by atoms with Gasteiger partial charge in [0.25, 0.3) is 5.56 Å². The number of hydrogen-bond acceptors (Lipinski definition) is 3. The van der Waals surface area contributed by atoms with E-state index < -0.39 is 0 Å². The number of nitrogens with zero attached hydrogens (tertiary/aromatic N) is 2. The molecule has 1 aromatic rings. The second-order valence-corrected chi connectivity index (χ2v) is 5.71. The molecule has 2 heterocycles. The summed E-state index contributed by atoms with van der Waals surface area (Å²) in [5, 5.41) is 0. The lowest BCUT2D eigenvalue weighted by Crippen LogP contribution is -2.36. The standard InChI is InChI=1S/C13H15N3O2/c17-11-9-1-3-16(4-2-10(9)14-7-15-11)12(18)13-5-8(13)6-13/h7-8H,1-6H2,(H,14,15,17). The first-order valence-corrected chi connectivity index (χ1v) is 6.55. The Morgan fingerprint density at radius 1 is 1.39 bits per heavy atom. The molecule has 0 bridgehead atoms. The number of rotatable bonds is 1. The Morgan fingerprint density at radius 3 is 2.83 bits per heavy atom. The zero-order valence-electron chi connectivity index (χ0n) is 10.1. The second kappa shape index (κ2) is 3.22. The summed E-state index contributed by atoms with van der Waals surface area (Å²) in [7, 11) is 0. The van der Waals surface area contributed by atoms with E-state index in [0.29, 0.717) is 37.8 Å². The molecule has 1 amide bonds. The lowest BCUT2D eigenvalue weighted by atomic mass is 10.1. The Balaban J connectivity index is 1.57. The summed E-state index contributed by atoms with van der Waals surface area (Å²) < 4.78 is 0. The first-order valence-electron chi connectivity index (χ1n) is 6.55. The van der Waals surface area contributed by atoms with Crippen LogP contribution in [0, 0.1) is 11.3 Å². The number of hydrogen-bond donors (Lipinski definition) is 1. The maximum absolute atomic E-state index is 12.3. The monoisotopic (exact) mass is 245 g/mol. The largest absolute Gasteiger partial charge is 0.341 e. The molecule has 4 rings (SSSR count). The topological polar surface area (TPSA) is 66.1 Å². The highest BCUT2D eigenvalue weighted by molar-refractivity contribution is 5.90. The first kappa shape index (κ1) is 10.3. The Morgan fingerprint density at radius 2 is 2.11 bits per heavy atom. The Hall–Kier alpha value is -1.65. The van der Waals surface area contributed by atoms with Crippen molar-refractivity contribution in [1.82, 2.24) is 14.9 Å². The summed E-state index contributed by atoms with van der Waals surface area (Å²) in [5.41, 5.74) is 1.60. The van der Waals surface area contributed by atoms with Crippen molar-refractivity contribution in [3.8, 4) is 0 Å². The van der Waals surface area contributed by atoms with Crippen LogP contribution in [0.4, 0.5) is 0 Å². The third-order valence-corrected chi connectivity index (χ3v) is 4.68. The molecule has 2 saturated carbocycles. The summed E-state index contributed by atoms with van der Waals surface area (Å²) in [4.78, 5) is 32.8. The van der Waals surface area contributed by atoms with E-state index in [0.717, 1.165) is 24.1 Å². The molecule has 0 unspecified atom stereocenters. The molecule has 2 aliphatic carbocycles. The maximum atomic E-state index is 12.3. The van der Waals surface area contributed by atoms with Gasteiger partial charge in [0.2, 0.25) is 5.91 Å². The minimum Gasteiger partial charge on any atom is -0.341 e. The second-order valence-electron chi connectivity index (χ2n) is 5.71. The van der Waals surface area contributed by atoms with Gasteiger partial charge in [0.15, 0.2) is 0 Å². The Kier molecular flexibility index (Phi) is 1.84. The van der Waals surface area contributed by atoms with Crippen molar-refractivity contribution in [3.05, 3.63) is 27.9 Å². The van der Waals surface area contributed by atoms with E-state index in [-0.39, 0.29) is 11.0 Å². The normalized spacial score (nSPS) is 32.2. The fourth-order valence-electron chi connectivity index (χ4n) is 3.11. The molecular formula is C13H15N3O2. The minimum absolute atomic E-state index is 0.0381. The summed E-state index contributed by atoms with van der Waals surface area (Å²) in [6.45, 7) is 1.37. The van der Waals surface area contributed by atoms with Crippen LogP contribution in [0.15, 0.2) is 11.1 Å². The number of fused-ring (bicyclic) bond motifs is 2.